The predicted octanol–water partition coefficient (Wildman–Crippen LogP) is 4.86. The molecule has 0 spiro atoms. The van der Waals surface area contributed by atoms with E-state index in [-0.39, 0.29) is 5.91 Å². The number of fused-ring (bicyclic) bond motifs is 1. The molecule has 1 aromatic heterocycles. The van der Waals surface area contributed by atoms with Crippen molar-refractivity contribution in [3.8, 4) is 0 Å². The molecule has 0 atom stereocenters. The summed E-state index contributed by atoms with van der Waals surface area (Å²) in [6.07, 6.45) is 2.18. The predicted molar refractivity (Wildman–Crippen MR) is 100 cm³/mol. The highest BCUT2D eigenvalue weighted by Crippen LogP contribution is 2.22. The smallest absolute Gasteiger partial charge is 0.224 e. The summed E-state index contributed by atoms with van der Waals surface area (Å²) in [7, 11) is 0. The van der Waals surface area contributed by atoms with E-state index in [4.69, 9.17) is 0 Å². The van der Waals surface area contributed by atoms with Crippen LogP contribution in [-0.4, -0.2) is 10.9 Å². The van der Waals surface area contributed by atoms with Gasteiger partial charge in [-0.3, -0.25) is 4.79 Å². The second kappa shape index (κ2) is 7.19. The number of rotatable bonds is 5. The molecule has 0 unspecified atom stereocenters. The van der Waals surface area contributed by atoms with Crippen LogP contribution >= 0.6 is 33.9 Å². The van der Waals surface area contributed by atoms with Crippen LogP contribution in [0.3, 0.4) is 0 Å². The van der Waals surface area contributed by atoms with Gasteiger partial charge in [0, 0.05) is 15.7 Å². The molecule has 0 aliphatic heterocycles. The molecule has 5 heteroatoms. The Morgan fingerprint density at radius 2 is 1.91 bits per heavy atom. The lowest BCUT2D eigenvalue weighted by molar-refractivity contribution is -0.116. The van der Waals surface area contributed by atoms with Crippen LogP contribution < -0.4 is 5.32 Å². The molecule has 0 fully saturated rings. The van der Waals surface area contributed by atoms with E-state index in [1.165, 1.54) is 4.70 Å². The van der Waals surface area contributed by atoms with Crippen molar-refractivity contribution in [1.82, 2.24) is 4.98 Å². The van der Waals surface area contributed by atoms with Gasteiger partial charge in [0.1, 0.15) is 0 Å². The first-order valence-corrected chi connectivity index (χ1v) is 9.00. The summed E-state index contributed by atoms with van der Waals surface area (Å²) in [5.74, 6) is 0.0577. The fourth-order valence-corrected chi connectivity index (χ4v) is 3.55. The number of benzene rings is 2. The monoisotopic (exact) mass is 422 g/mol. The van der Waals surface area contributed by atoms with E-state index in [0.717, 1.165) is 32.6 Å². The highest BCUT2D eigenvalue weighted by atomic mass is 127. The molecule has 0 saturated carbocycles. The fraction of sp³-hybridized carbons (Fsp3) is 0.176. The molecule has 0 bridgehead atoms. The summed E-state index contributed by atoms with van der Waals surface area (Å²) < 4.78 is 2.37. The number of hydrogen-bond donors (Lipinski definition) is 1. The highest BCUT2D eigenvalue weighted by Gasteiger charge is 2.06. The average Bonchev–Trinajstić information content (AvgIpc) is 2.92. The first-order chi connectivity index (χ1) is 10.7. The van der Waals surface area contributed by atoms with Gasteiger partial charge in [0.25, 0.3) is 0 Å². The van der Waals surface area contributed by atoms with Gasteiger partial charge in [-0.05, 0) is 71.8 Å². The molecule has 0 saturated heterocycles. The zero-order valence-corrected chi connectivity index (χ0v) is 14.9. The fourth-order valence-electron chi connectivity index (χ4n) is 2.18. The SMILES string of the molecule is O=C(CCCc1nc2ccccc2s1)Nc1ccc(I)cc1. The number of amides is 1. The van der Waals surface area contributed by atoms with Crippen LogP contribution in [0, 0.1) is 3.57 Å². The Morgan fingerprint density at radius 3 is 2.68 bits per heavy atom. The summed E-state index contributed by atoms with van der Waals surface area (Å²) in [4.78, 5) is 16.5. The summed E-state index contributed by atoms with van der Waals surface area (Å²) in [5.41, 5.74) is 1.90. The normalized spacial score (nSPS) is 10.8. The molecule has 0 aliphatic rings. The van der Waals surface area contributed by atoms with Crippen molar-refractivity contribution in [2.24, 2.45) is 0 Å². The summed E-state index contributed by atoms with van der Waals surface area (Å²) in [6, 6.07) is 16.0. The van der Waals surface area contributed by atoms with Crippen molar-refractivity contribution in [1.29, 1.82) is 0 Å². The second-order valence-electron chi connectivity index (χ2n) is 4.98. The van der Waals surface area contributed by atoms with E-state index in [2.05, 4.69) is 39.0 Å². The van der Waals surface area contributed by atoms with Crippen LogP contribution in [-0.2, 0) is 11.2 Å². The molecular weight excluding hydrogens is 407 g/mol. The number of hydrogen-bond acceptors (Lipinski definition) is 3. The minimum atomic E-state index is 0.0577. The topological polar surface area (TPSA) is 42.0 Å². The van der Waals surface area contributed by atoms with Gasteiger partial charge in [-0.1, -0.05) is 12.1 Å². The molecule has 2 aromatic carbocycles. The average molecular weight is 422 g/mol. The van der Waals surface area contributed by atoms with Crippen LogP contribution in [0.1, 0.15) is 17.8 Å². The second-order valence-corrected chi connectivity index (χ2v) is 7.34. The number of aromatic nitrogens is 1. The summed E-state index contributed by atoms with van der Waals surface area (Å²) >= 11 is 3.96. The van der Waals surface area contributed by atoms with Crippen LogP contribution in [0.25, 0.3) is 10.2 Å². The van der Waals surface area contributed by atoms with E-state index < -0.39 is 0 Å². The standard InChI is InChI=1S/C17H15IN2OS/c18-12-8-10-13(11-9-12)19-16(21)6-3-7-17-20-14-4-1-2-5-15(14)22-17/h1-2,4-5,8-11H,3,6-7H2,(H,19,21). The maximum atomic E-state index is 11.9. The third-order valence-corrected chi connectivity index (χ3v) is 5.08. The maximum Gasteiger partial charge on any atom is 0.224 e. The lowest BCUT2D eigenvalue weighted by atomic mass is 10.2. The molecule has 0 radical (unpaired) electrons. The first kappa shape index (κ1) is 15.4. The van der Waals surface area contributed by atoms with Gasteiger partial charge in [-0.2, -0.15) is 0 Å². The van der Waals surface area contributed by atoms with E-state index >= 15 is 0 Å². The number of anilines is 1. The Kier molecular flexibility index (Phi) is 5.04. The third kappa shape index (κ3) is 4.04. The molecule has 1 amide bonds. The Labute approximate surface area is 146 Å². The van der Waals surface area contributed by atoms with E-state index in [0.29, 0.717) is 6.42 Å². The zero-order valence-electron chi connectivity index (χ0n) is 11.9. The lowest BCUT2D eigenvalue weighted by Crippen LogP contribution is -2.11. The molecular formula is C17H15IN2OS. The molecule has 112 valence electrons. The van der Waals surface area contributed by atoms with Crippen molar-refractivity contribution >= 4 is 55.7 Å². The quantitative estimate of drug-likeness (QED) is 0.597. The molecule has 1 heterocycles. The number of para-hydroxylation sites is 1. The lowest BCUT2D eigenvalue weighted by Gasteiger charge is -2.04. The van der Waals surface area contributed by atoms with Crippen LogP contribution in [0.15, 0.2) is 48.5 Å². The Morgan fingerprint density at radius 1 is 1.14 bits per heavy atom. The van der Waals surface area contributed by atoms with Gasteiger partial charge in [0.2, 0.25) is 5.91 Å². The van der Waals surface area contributed by atoms with Crippen molar-refractivity contribution < 1.29 is 4.79 Å². The Bertz CT molecular complexity index is 750. The molecule has 22 heavy (non-hydrogen) atoms. The van der Waals surface area contributed by atoms with Crippen molar-refractivity contribution in [2.45, 2.75) is 19.3 Å². The number of carbonyl (C=O) groups excluding carboxylic acids is 1. The number of carbonyl (C=O) groups is 1. The van der Waals surface area contributed by atoms with Crippen LogP contribution in [0.5, 0.6) is 0 Å². The Hall–Kier alpha value is -1.47. The summed E-state index contributed by atoms with van der Waals surface area (Å²) in [5, 5.41) is 4.02. The van der Waals surface area contributed by atoms with Gasteiger partial charge in [-0.25, -0.2) is 4.98 Å². The molecule has 1 N–H and O–H groups in total. The number of thiazole rings is 1. The van der Waals surface area contributed by atoms with Crippen LogP contribution in [0.2, 0.25) is 0 Å². The van der Waals surface area contributed by atoms with Crippen molar-refractivity contribution in [3.63, 3.8) is 0 Å². The number of nitrogens with one attached hydrogen (secondary N) is 1. The maximum absolute atomic E-state index is 11.9. The molecule has 3 aromatic rings. The molecule has 0 aliphatic carbocycles. The van der Waals surface area contributed by atoms with Crippen molar-refractivity contribution in [3.05, 3.63) is 57.1 Å². The van der Waals surface area contributed by atoms with E-state index in [1.54, 1.807) is 11.3 Å². The van der Waals surface area contributed by atoms with Crippen molar-refractivity contribution in [2.75, 3.05) is 5.32 Å². The molecule has 3 nitrogen and oxygen atoms in total. The van der Waals surface area contributed by atoms with Gasteiger partial charge < -0.3 is 5.32 Å². The van der Waals surface area contributed by atoms with Gasteiger partial charge in [-0.15, -0.1) is 11.3 Å². The first-order valence-electron chi connectivity index (χ1n) is 7.10. The van der Waals surface area contributed by atoms with E-state index in [9.17, 15) is 4.79 Å². The van der Waals surface area contributed by atoms with Gasteiger partial charge >= 0.3 is 0 Å². The molecule has 3 rings (SSSR count). The third-order valence-electron chi connectivity index (χ3n) is 3.26. The largest absolute Gasteiger partial charge is 0.326 e. The number of nitrogens with zero attached hydrogens (tertiary/aromatic N) is 1. The highest BCUT2D eigenvalue weighted by molar-refractivity contribution is 14.1. The van der Waals surface area contributed by atoms with E-state index in [1.807, 2.05) is 42.5 Å². The van der Waals surface area contributed by atoms with Crippen LogP contribution in [0.4, 0.5) is 5.69 Å². The Balaban J connectivity index is 1.49. The number of halogens is 1. The minimum Gasteiger partial charge on any atom is -0.326 e. The van der Waals surface area contributed by atoms with Gasteiger partial charge in [0.15, 0.2) is 0 Å². The zero-order chi connectivity index (χ0) is 15.4. The summed E-state index contributed by atoms with van der Waals surface area (Å²) in [6.45, 7) is 0. The number of aryl methyl sites for hydroxylation is 1. The minimum absolute atomic E-state index is 0.0577. The van der Waals surface area contributed by atoms with Gasteiger partial charge in [0.05, 0.1) is 15.2 Å².